The molecule has 4 nitrogen and oxygen atoms in total. The molecule has 0 aromatic heterocycles. The largest absolute Gasteiger partial charge is 0.466 e. The van der Waals surface area contributed by atoms with E-state index in [9.17, 15) is 9.59 Å². The summed E-state index contributed by atoms with van der Waals surface area (Å²) in [4.78, 5) is 25.7. The molecule has 4 heteroatoms. The lowest BCUT2D eigenvalue weighted by Crippen LogP contribution is -2.40. The van der Waals surface area contributed by atoms with Gasteiger partial charge in [0.1, 0.15) is 0 Å². The molecule has 1 unspecified atom stereocenters. The maximum Gasteiger partial charge on any atom is 0.306 e. The monoisotopic (exact) mass is 295 g/mol. The van der Waals surface area contributed by atoms with Crippen LogP contribution >= 0.6 is 0 Å². The van der Waals surface area contributed by atoms with E-state index in [0.717, 1.165) is 31.8 Å². The number of ether oxygens (including phenoxy) is 1. The maximum absolute atomic E-state index is 12.2. The lowest BCUT2D eigenvalue weighted by atomic mass is 9.86. The molecule has 2 aliphatic rings. The number of piperidine rings is 1. The minimum absolute atomic E-state index is 0.161. The average Bonchev–Trinajstić information content (AvgIpc) is 2.48. The van der Waals surface area contributed by atoms with E-state index in [1.54, 1.807) is 0 Å². The second-order valence-electron chi connectivity index (χ2n) is 6.54. The van der Waals surface area contributed by atoms with Gasteiger partial charge in [-0.25, -0.2) is 0 Å². The van der Waals surface area contributed by atoms with Crippen LogP contribution in [0.15, 0.2) is 0 Å². The van der Waals surface area contributed by atoms with E-state index >= 15 is 0 Å². The van der Waals surface area contributed by atoms with E-state index in [1.165, 1.54) is 32.1 Å². The average molecular weight is 295 g/mol. The highest BCUT2D eigenvalue weighted by Gasteiger charge is 2.28. The molecule has 0 aromatic rings. The highest BCUT2D eigenvalue weighted by molar-refractivity contribution is 5.78. The fraction of sp³-hybridized carbons (Fsp3) is 0.882. The third-order valence-electron chi connectivity index (χ3n) is 4.92. The summed E-state index contributed by atoms with van der Waals surface area (Å²) in [5, 5.41) is 0. The van der Waals surface area contributed by atoms with Crippen molar-refractivity contribution in [2.24, 2.45) is 11.8 Å². The van der Waals surface area contributed by atoms with Crippen molar-refractivity contribution in [3.8, 4) is 0 Å². The van der Waals surface area contributed by atoms with E-state index in [1.807, 2.05) is 11.8 Å². The third kappa shape index (κ3) is 5.33. The first-order chi connectivity index (χ1) is 10.2. The first-order valence-electron chi connectivity index (χ1n) is 8.62. The highest BCUT2D eigenvalue weighted by Crippen LogP contribution is 2.28. The Morgan fingerprint density at radius 3 is 2.62 bits per heavy atom. The summed E-state index contributed by atoms with van der Waals surface area (Å²) in [5.41, 5.74) is 0. The Balaban J connectivity index is 1.68. The number of rotatable bonds is 6. The molecule has 1 aliphatic carbocycles. The summed E-state index contributed by atoms with van der Waals surface area (Å²) in [6.45, 7) is 3.97. The number of esters is 1. The smallest absolute Gasteiger partial charge is 0.306 e. The van der Waals surface area contributed by atoms with Crippen LogP contribution < -0.4 is 0 Å². The summed E-state index contributed by atoms with van der Waals surface area (Å²) < 4.78 is 4.97. The zero-order valence-electron chi connectivity index (χ0n) is 13.3. The van der Waals surface area contributed by atoms with Crippen molar-refractivity contribution < 1.29 is 14.3 Å². The molecule has 0 N–H and O–H groups in total. The molecule has 2 rings (SSSR count). The second-order valence-corrected chi connectivity index (χ2v) is 6.54. The molecule has 1 aliphatic heterocycles. The van der Waals surface area contributed by atoms with Gasteiger partial charge in [0.05, 0.1) is 6.61 Å². The third-order valence-corrected chi connectivity index (χ3v) is 4.92. The molecule has 0 bridgehead atoms. The summed E-state index contributed by atoms with van der Waals surface area (Å²) in [7, 11) is 0. The molecule has 1 saturated heterocycles. The fourth-order valence-corrected chi connectivity index (χ4v) is 3.62. The van der Waals surface area contributed by atoms with Crippen molar-refractivity contribution >= 4 is 11.9 Å². The molecule has 0 spiro atoms. The Kier molecular flexibility index (Phi) is 6.52. The number of carbonyl (C=O) groups excluding carboxylic acids is 2. The van der Waals surface area contributed by atoms with Crippen molar-refractivity contribution in [1.82, 2.24) is 4.90 Å². The predicted molar refractivity (Wildman–Crippen MR) is 81.7 cm³/mol. The summed E-state index contributed by atoms with van der Waals surface area (Å²) in [5.74, 6) is 1.07. The van der Waals surface area contributed by atoms with Gasteiger partial charge in [-0.05, 0) is 31.6 Å². The molecule has 0 radical (unpaired) electrons. The summed E-state index contributed by atoms with van der Waals surface area (Å²) >= 11 is 0. The number of nitrogens with zero attached hydrogens (tertiary/aromatic N) is 1. The number of hydrogen-bond acceptors (Lipinski definition) is 3. The summed E-state index contributed by atoms with van der Waals surface area (Å²) in [6.07, 6.45) is 9.80. The number of carbonyl (C=O) groups is 2. The van der Waals surface area contributed by atoms with Crippen molar-refractivity contribution in [3.05, 3.63) is 0 Å². The van der Waals surface area contributed by atoms with Crippen molar-refractivity contribution in [3.63, 3.8) is 0 Å². The SMILES string of the molecule is CCOC(=O)CC1CCN(CCC2CCCCC2)C(=O)C1. The molecule has 120 valence electrons. The van der Waals surface area contributed by atoms with Gasteiger partial charge in [0.15, 0.2) is 0 Å². The van der Waals surface area contributed by atoms with Crippen LogP contribution in [-0.2, 0) is 14.3 Å². The van der Waals surface area contributed by atoms with Gasteiger partial charge in [0.25, 0.3) is 0 Å². The molecule has 1 atom stereocenters. The first-order valence-corrected chi connectivity index (χ1v) is 8.62. The predicted octanol–water partition coefficient (Wildman–Crippen LogP) is 3.15. The number of likely N-dealkylation sites (tertiary alicyclic amines) is 1. The number of amides is 1. The van der Waals surface area contributed by atoms with E-state index in [0.29, 0.717) is 19.4 Å². The Morgan fingerprint density at radius 2 is 1.95 bits per heavy atom. The van der Waals surface area contributed by atoms with Crippen LogP contribution in [0.5, 0.6) is 0 Å². The van der Waals surface area contributed by atoms with Crippen molar-refractivity contribution in [1.29, 1.82) is 0 Å². The van der Waals surface area contributed by atoms with Gasteiger partial charge < -0.3 is 9.64 Å². The van der Waals surface area contributed by atoms with E-state index in [4.69, 9.17) is 4.74 Å². The molecular formula is C17H29NO3. The van der Waals surface area contributed by atoms with Crippen LogP contribution in [0.4, 0.5) is 0 Å². The van der Waals surface area contributed by atoms with Gasteiger partial charge in [-0.3, -0.25) is 9.59 Å². The Labute approximate surface area is 128 Å². The molecule has 0 aromatic carbocycles. The molecule has 1 saturated carbocycles. The van der Waals surface area contributed by atoms with Crippen LogP contribution in [0, 0.1) is 11.8 Å². The first kappa shape index (κ1) is 16.3. The Bertz CT molecular complexity index is 350. The van der Waals surface area contributed by atoms with Gasteiger partial charge in [-0.2, -0.15) is 0 Å². The van der Waals surface area contributed by atoms with Gasteiger partial charge in [0.2, 0.25) is 5.91 Å². The maximum atomic E-state index is 12.2. The highest BCUT2D eigenvalue weighted by atomic mass is 16.5. The minimum Gasteiger partial charge on any atom is -0.466 e. The lowest BCUT2D eigenvalue weighted by Gasteiger charge is -2.33. The minimum atomic E-state index is -0.161. The van der Waals surface area contributed by atoms with Crippen molar-refractivity contribution in [2.75, 3.05) is 19.7 Å². The van der Waals surface area contributed by atoms with E-state index in [-0.39, 0.29) is 17.8 Å². The Hall–Kier alpha value is -1.06. The van der Waals surface area contributed by atoms with E-state index in [2.05, 4.69) is 0 Å². The van der Waals surface area contributed by atoms with Gasteiger partial charge in [-0.1, -0.05) is 32.1 Å². The second kappa shape index (κ2) is 8.40. The van der Waals surface area contributed by atoms with Gasteiger partial charge in [0, 0.05) is 25.9 Å². The summed E-state index contributed by atoms with van der Waals surface area (Å²) in [6, 6.07) is 0. The van der Waals surface area contributed by atoms with Crippen LogP contribution in [0.1, 0.15) is 64.7 Å². The number of hydrogen-bond donors (Lipinski definition) is 0. The van der Waals surface area contributed by atoms with Crippen LogP contribution in [-0.4, -0.2) is 36.5 Å². The van der Waals surface area contributed by atoms with Crippen LogP contribution in [0.3, 0.4) is 0 Å². The quantitative estimate of drug-likeness (QED) is 0.707. The van der Waals surface area contributed by atoms with Crippen LogP contribution in [0.2, 0.25) is 0 Å². The normalized spacial score (nSPS) is 24.1. The van der Waals surface area contributed by atoms with Crippen molar-refractivity contribution in [2.45, 2.75) is 64.7 Å². The fourth-order valence-electron chi connectivity index (χ4n) is 3.62. The van der Waals surface area contributed by atoms with E-state index < -0.39 is 0 Å². The molecule has 21 heavy (non-hydrogen) atoms. The zero-order valence-corrected chi connectivity index (χ0v) is 13.3. The molecule has 2 fully saturated rings. The zero-order chi connectivity index (χ0) is 15.1. The molecule has 1 amide bonds. The standard InChI is InChI=1S/C17H29NO3/c1-2-21-17(20)13-15-9-11-18(16(19)12-15)10-8-14-6-4-3-5-7-14/h14-15H,2-13H2,1H3. The van der Waals surface area contributed by atoms with Gasteiger partial charge >= 0.3 is 5.97 Å². The Morgan fingerprint density at radius 1 is 1.19 bits per heavy atom. The molecular weight excluding hydrogens is 266 g/mol. The van der Waals surface area contributed by atoms with Crippen LogP contribution in [0.25, 0.3) is 0 Å². The molecule has 1 heterocycles. The topological polar surface area (TPSA) is 46.6 Å². The van der Waals surface area contributed by atoms with Gasteiger partial charge in [-0.15, -0.1) is 0 Å². The lowest BCUT2D eigenvalue weighted by molar-refractivity contribution is -0.145.